The van der Waals surface area contributed by atoms with Crippen LogP contribution in [-0.4, -0.2) is 29.8 Å². The summed E-state index contributed by atoms with van der Waals surface area (Å²) in [5, 5.41) is 3.25. The van der Waals surface area contributed by atoms with Crippen molar-refractivity contribution in [1.29, 1.82) is 0 Å². The Morgan fingerprint density at radius 3 is 1.79 bits per heavy atom. The predicted molar refractivity (Wildman–Crippen MR) is 112 cm³/mol. The van der Waals surface area contributed by atoms with Crippen LogP contribution in [0.3, 0.4) is 0 Å². The standard InChI is InChI=1S/C24H30N2O2/c1-24(2,3)23(28)26-16-14-20(15-17-26)22(27)25-21(18-10-6-4-7-11-18)19-12-8-5-9-13-19/h4-13,20-21H,14-17H2,1-3H3,(H,25,27). The second-order valence-corrected chi connectivity index (χ2v) is 8.58. The van der Waals surface area contributed by atoms with Crippen LogP contribution in [-0.2, 0) is 9.59 Å². The van der Waals surface area contributed by atoms with Gasteiger partial charge in [-0.3, -0.25) is 9.59 Å². The van der Waals surface area contributed by atoms with Gasteiger partial charge in [0.05, 0.1) is 6.04 Å². The number of rotatable bonds is 4. The number of piperidine rings is 1. The molecule has 0 spiro atoms. The van der Waals surface area contributed by atoms with Crippen LogP contribution in [0.5, 0.6) is 0 Å². The zero-order valence-electron chi connectivity index (χ0n) is 17.0. The molecule has 0 unspecified atom stereocenters. The molecule has 2 aromatic rings. The highest BCUT2D eigenvalue weighted by Gasteiger charge is 2.33. The molecule has 0 radical (unpaired) electrons. The Labute approximate surface area is 167 Å². The molecule has 1 heterocycles. The number of nitrogens with one attached hydrogen (secondary N) is 1. The van der Waals surface area contributed by atoms with E-state index in [1.807, 2.05) is 86.3 Å². The van der Waals surface area contributed by atoms with Gasteiger partial charge in [0.15, 0.2) is 0 Å². The topological polar surface area (TPSA) is 49.4 Å². The van der Waals surface area contributed by atoms with Gasteiger partial charge in [0, 0.05) is 24.4 Å². The summed E-state index contributed by atoms with van der Waals surface area (Å²) in [6.07, 6.45) is 1.42. The zero-order valence-corrected chi connectivity index (χ0v) is 17.0. The van der Waals surface area contributed by atoms with Gasteiger partial charge < -0.3 is 10.2 Å². The molecule has 3 rings (SSSR count). The molecule has 1 saturated heterocycles. The Morgan fingerprint density at radius 1 is 0.893 bits per heavy atom. The van der Waals surface area contributed by atoms with Crippen molar-refractivity contribution < 1.29 is 9.59 Å². The van der Waals surface area contributed by atoms with Crippen molar-refractivity contribution in [3.63, 3.8) is 0 Å². The third-order valence-corrected chi connectivity index (χ3v) is 5.35. The Kier molecular flexibility index (Phi) is 6.18. The first kappa shape index (κ1) is 20.1. The van der Waals surface area contributed by atoms with Gasteiger partial charge in [0.25, 0.3) is 0 Å². The molecule has 4 nitrogen and oxygen atoms in total. The van der Waals surface area contributed by atoms with Gasteiger partial charge in [-0.15, -0.1) is 0 Å². The highest BCUT2D eigenvalue weighted by Crippen LogP contribution is 2.26. The van der Waals surface area contributed by atoms with E-state index in [1.165, 1.54) is 0 Å². The summed E-state index contributed by atoms with van der Waals surface area (Å²) in [7, 11) is 0. The summed E-state index contributed by atoms with van der Waals surface area (Å²) in [6, 6.07) is 20.0. The van der Waals surface area contributed by atoms with Gasteiger partial charge in [-0.1, -0.05) is 81.4 Å². The summed E-state index contributed by atoms with van der Waals surface area (Å²) < 4.78 is 0. The van der Waals surface area contributed by atoms with Crippen LogP contribution in [0.4, 0.5) is 0 Å². The minimum atomic E-state index is -0.374. The van der Waals surface area contributed by atoms with Crippen molar-refractivity contribution in [1.82, 2.24) is 10.2 Å². The van der Waals surface area contributed by atoms with Gasteiger partial charge >= 0.3 is 0 Å². The molecule has 0 saturated carbocycles. The highest BCUT2D eigenvalue weighted by molar-refractivity contribution is 5.83. The van der Waals surface area contributed by atoms with Crippen LogP contribution < -0.4 is 5.32 Å². The predicted octanol–water partition coefficient (Wildman–Crippen LogP) is 4.18. The van der Waals surface area contributed by atoms with Crippen molar-refractivity contribution in [2.75, 3.05) is 13.1 Å². The van der Waals surface area contributed by atoms with Gasteiger partial charge in [0.1, 0.15) is 0 Å². The monoisotopic (exact) mass is 378 g/mol. The lowest BCUT2D eigenvalue weighted by atomic mass is 9.90. The van der Waals surface area contributed by atoms with Crippen molar-refractivity contribution in [2.45, 2.75) is 39.7 Å². The van der Waals surface area contributed by atoms with Crippen LogP contribution in [0.15, 0.2) is 60.7 Å². The third kappa shape index (κ3) is 4.80. The fourth-order valence-corrected chi connectivity index (χ4v) is 3.73. The SMILES string of the molecule is CC(C)(C)C(=O)N1CCC(C(=O)NC(c2ccccc2)c2ccccc2)CC1. The van der Waals surface area contributed by atoms with E-state index in [0.717, 1.165) is 11.1 Å². The summed E-state index contributed by atoms with van der Waals surface area (Å²) in [4.78, 5) is 27.4. The third-order valence-electron chi connectivity index (χ3n) is 5.35. The molecule has 1 fully saturated rings. The highest BCUT2D eigenvalue weighted by atomic mass is 16.2. The van der Waals surface area contributed by atoms with E-state index in [1.54, 1.807) is 0 Å². The number of likely N-dealkylation sites (tertiary alicyclic amines) is 1. The molecule has 1 aliphatic heterocycles. The summed E-state index contributed by atoms with van der Waals surface area (Å²) in [5.41, 5.74) is 1.77. The molecular weight excluding hydrogens is 348 g/mol. The fraction of sp³-hybridized carbons (Fsp3) is 0.417. The molecule has 28 heavy (non-hydrogen) atoms. The lowest BCUT2D eigenvalue weighted by Crippen LogP contribution is -2.47. The van der Waals surface area contributed by atoms with Crippen LogP contribution in [0.25, 0.3) is 0 Å². The molecule has 0 aliphatic carbocycles. The normalized spacial score (nSPS) is 15.5. The van der Waals surface area contributed by atoms with Crippen molar-refractivity contribution >= 4 is 11.8 Å². The average Bonchev–Trinajstić information content (AvgIpc) is 2.72. The summed E-state index contributed by atoms with van der Waals surface area (Å²) >= 11 is 0. The fourth-order valence-electron chi connectivity index (χ4n) is 3.73. The van der Waals surface area contributed by atoms with Crippen LogP contribution in [0.2, 0.25) is 0 Å². The lowest BCUT2D eigenvalue weighted by Gasteiger charge is -2.35. The minimum Gasteiger partial charge on any atom is -0.345 e. The maximum Gasteiger partial charge on any atom is 0.227 e. The van der Waals surface area contributed by atoms with E-state index < -0.39 is 0 Å². The molecule has 0 aromatic heterocycles. The first-order valence-corrected chi connectivity index (χ1v) is 10.1. The van der Waals surface area contributed by atoms with E-state index in [0.29, 0.717) is 25.9 Å². The largest absolute Gasteiger partial charge is 0.345 e. The molecule has 0 atom stereocenters. The number of carbonyl (C=O) groups excluding carboxylic acids is 2. The molecule has 2 amide bonds. The van der Waals surface area contributed by atoms with E-state index in [4.69, 9.17) is 0 Å². The number of hydrogen-bond acceptors (Lipinski definition) is 2. The molecule has 4 heteroatoms. The van der Waals surface area contributed by atoms with Crippen molar-refractivity contribution in [3.05, 3.63) is 71.8 Å². The first-order valence-electron chi connectivity index (χ1n) is 10.1. The van der Waals surface area contributed by atoms with E-state index in [-0.39, 0.29) is 29.2 Å². The van der Waals surface area contributed by atoms with Gasteiger partial charge in [0.2, 0.25) is 11.8 Å². The van der Waals surface area contributed by atoms with Gasteiger partial charge in [-0.2, -0.15) is 0 Å². The molecular formula is C24H30N2O2. The van der Waals surface area contributed by atoms with Crippen LogP contribution >= 0.6 is 0 Å². The van der Waals surface area contributed by atoms with Crippen molar-refractivity contribution in [3.8, 4) is 0 Å². The quantitative estimate of drug-likeness (QED) is 0.868. The average molecular weight is 379 g/mol. The summed E-state index contributed by atoms with van der Waals surface area (Å²) in [6.45, 7) is 7.13. The van der Waals surface area contributed by atoms with E-state index >= 15 is 0 Å². The number of carbonyl (C=O) groups is 2. The molecule has 2 aromatic carbocycles. The second kappa shape index (κ2) is 8.59. The maximum atomic E-state index is 13.0. The Balaban J connectivity index is 1.68. The molecule has 1 N–H and O–H groups in total. The van der Waals surface area contributed by atoms with E-state index in [2.05, 4.69) is 5.32 Å². The van der Waals surface area contributed by atoms with Crippen LogP contribution in [0, 0.1) is 11.3 Å². The van der Waals surface area contributed by atoms with Crippen molar-refractivity contribution in [2.24, 2.45) is 11.3 Å². The van der Waals surface area contributed by atoms with Gasteiger partial charge in [-0.05, 0) is 24.0 Å². The number of nitrogens with zero attached hydrogens (tertiary/aromatic N) is 1. The molecule has 1 aliphatic rings. The maximum absolute atomic E-state index is 13.0. The summed E-state index contributed by atoms with van der Waals surface area (Å²) in [5.74, 6) is 0.178. The Morgan fingerprint density at radius 2 is 1.36 bits per heavy atom. The van der Waals surface area contributed by atoms with E-state index in [9.17, 15) is 9.59 Å². The number of benzene rings is 2. The minimum absolute atomic E-state index is 0.0565. The zero-order chi connectivity index (χ0) is 20.1. The number of hydrogen-bond donors (Lipinski definition) is 1. The smallest absolute Gasteiger partial charge is 0.227 e. The second-order valence-electron chi connectivity index (χ2n) is 8.58. The lowest BCUT2D eigenvalue weighted by molar-refractivity contribution is -0.142. The first-order chi connectivity index (χ1) is 13.4. The van der Waals surface area contributed by atoms with Crippen LogP contribution in [0.1, 0.15) is 50.8 Å². The number of amides is 2. The molecule has 0 bridgehead atoms. The Bertz CT molecular complexity index is 749. The van der Waals surface area contributed by atoms with Gasteiger partial charge in [-0.25, -0.2) is 0 Å². The Hall–Kier alpha value is -2.62. The molecule has 148 valence electrons.